The van der Waals surface area contributed by atoms with Crippen molar-refractivity contribution in [3.8, 4) is 0 Å². The summed E-state index contributed by atoms with van der Waals surface area (Å²) in [6, 6.07) is 6.63. The zero-order valence-electron chi connectivity index (χ0n) is 9.89. The van der Waals surface area contributed by atoms with E-state index in [0.29, 0.717) is 12.0 Å². The molecule has 0 aliphatic carbocycles. The topological polar surface area (TPSA) is 24.1 Å². The summed E-state index contributed by atoms with van der Waals surface area (Å²) in [7, 11) is 0. The highest BCUT2D eigenvalue weighted by molar-refractivity contribution is 6.33. The van der Waals surface area contributed by atoms with Gasteiger partial charge < -0.3 is 10.6 Å². The van der Waals surface area contributed by atoms with Gasteiger partial charge in [0.1, 0.15) is 0 Å². The van der Waals surface area contributed by atoms with Gasteiger partial charge in [-0.25, -0.2) is 0 Å². The summed E-state index contributed by atoms with van der Waals surface area (Å²) in [5.74, 6) is 0.695. The van der Waals surface area contributed by atoms with Crippen LogP contribution in [-0.4, -0.2) is 19.1 Å². The molecule has 1 aliphatic rings. The second-order valence-electron chi connectivity index (χ2n) is 4.86. The van der Waals surface area contributed by atoms with Crippen molar-refractivity contribution in [2.45, 2.75) is 26.3 Å². The molecule has 3 heteroatoms. The lowest BCUT2D eigenvalue weighted by atomic mass is 9.99. The Labute approximate surface area is 102 Å². The third-order valence-corrected chi connectivity index (χ3v) is 3.22. The number of anilines is 1. The van der Waals surface area contributed by atoms with Crippen molar-refractivity contribution in [2.75, 3.05) is 18.4 Å². The van der Waals surface area contributed by atoms with Crippen molar-refractivity contribution >= 4 is 17.3 Å². The molecule has 2 rings (SSSR count). The average molecular weight is 239 g/mol. The second-order valence-corrected chi connectivity index (χ2v) is 5.27. The third-order valence-electron chi connectivity index (χ3n) is 2.91. The maximum atomic E-state index is 6.13. The highest BCUT2D eigenvalue weighted by atomic mass is 35.5. The van der Waals surface area contributed by atoms with Crippen LogP contribution in [-0.2, 0) is 6.42 Å². The summed E-state index contributed by atoms with van der Waals surface area (Å²) >= 11 is 6.13. The van der Waals surface area contributed by atoms with Gasteiger partial charge in [-0.1, -0.05) is 37.6 Å². The Morgan fingerprint density at radius 3 is 3.06 bits per heavy atom. The van der Waals surface area contributed by atoms with Gasteiger partial charge in [-0.05, 0) is 30.5 Å². The molecule has 88 valence electrons. The van der Waals surface area contributed by atoms with E-state index in [-0.39, 0.29) is 0 Å². The first kappa shape index (κ1) is 11.7. The maximum absolute atomic E-state index is 6.13. The molecule has 16 heavy (non-hydrogen) atoms. The summed E-state index contributed by atoms with van der Waals surface area (Å²) in [5, 5.41) is 7.82. The maximum Gasteiger partial charge on any atom is 0.0640 e. The number of hydrogen-bond donors (Lipinski definition) is 2. The molecule has 0 saturated carbocycles. The average Bonchev–Trinajstić information content (AvgIpc) is 2.26. The minimum Gasteiger partial charge on any atom is -0.382 e. The van der Waals surface area contributed by atoms with Crippen molar-refractivity contribution < 1.29 is 0 Å². The Kier molecular flexibility index (Phi) is 3.72. The highest BCUT2D eigenvalue weighted by Crippen LogP contribution is 2.29. The predicted molar refractivity (Wildman–Crippen MR) is 70.3 cm³/mol. The molecule has 1 aromatic carbocycles. The molecule has 1 aromatic rings. The van der Waals surface area contributed by atoms with E-state index in [4.69, 9.17) is 11.6 Å². The SMILES string of the molecule is CC(C)CNC1CNc2c(Cl)cccc2C1. The first-order valence-corrected chi connectivity index (χ1v) is 6.29. The van der Waals surface area contributed by atoms with Crippen molar-refractivity contribution in [3.05, 3.63) is 28.8 Å². The molecule has 0 spiro atoms. The van der Waals surface area contributed by atoms with E-state index in [9.17, 15) is 0 Å². The van der Waals surface area contributed by atoms with Crippen LogP contribution in [0.5, 0.6) is 0 Å². The zero-order chi connectivity index (χ0) is 11.5. The Hall–Kier alpha value is -0.730. The number of halogens is 1. The summed E-state index contributed by atoms with van der Waals surface area (Å²) in [6.45, 7) is 6.49. The lowest BCUT2D eigenvalue weighted by molar-refractivity contribution is 0.465. The van der Waals surface area contributed by atoms with Crippen LogP contribution in [0.25, 0.3) is 0 Å². The largest absolute Gasteiger partial charge is 0.382 e. The molecule has 1 atom stereocenters. The van der Waals surface area contributed by atoms with E-state index in [1.807, 2.05) is 12.1 Å². The molecule has 0 amide bonds. The van der Waals surface area contributed by atoms with Gasteiger partial charge in [-0.15, -0.1) is 0 Å². The van der Waals surface area contributed by atoms with Crippen LogP contribution in [0.1, 0.15) is 19.4 Å². The van der Waals surface area contributed by atoms with Crippen LogP contribution >= 0.6 is 11.6 Å². The van der Waals surface area contributed by atoms with Gasteiger partial charge in [0.05, 0.1) is 10.7 Å². The smallest absolute Gasteiger partial charge is 0.0640 e. The van der Waals surface area contributed by atoms with Crippen LogP contribution in [0.4, 0.5) is 5.69 Å². The summed E-state index contributed by atoms with van der Waals surface area (Å²) in [6.07, 6.45) is 1.07. The van der Waals surface area contributed by atoms with Gasteiger partial charge in [0.25, 0.3) is 0 Å². The Morgan fingerprint density at radius 2 is 2.31 bits per heavy atom. The van der Waals surface area contributed by atoms with Gasteiger partial charge in [-0.2, -0.15) is 0 Å². The van der Waals surface area contributed by atoms with E-state index < -0.39 is 0 Å². The monoisotopic (exact) mass is 238 g/mol. The normalized spacial score (nSPS) is 19.4. The number of para-hydroxylation sites is 1. The van der Waals surface area contributed by atoms with Gasteiger partial charge in [0, 0.05) is 12.6 Å². The third kappa shape index (κ3) is 2.69. The van der Waals surface area contributed by atoms with Crippen LogP contribution in [0.2, 0.25) is 5.02 Å². The molecule has 0 bridgehead atoms. The molecule has 0 aromatic heterocycles. The Morgan fingerprint density at radius 1 is 1.50 bits per heavy atom. The van der Waals surface area contributed by atoms with Gasteiger partial charge in [0.15, 0.2) is 0 Å². The molecule has 1 aliphatic heterocycles. The van der Waals surface area contributed by atoms with Crippen LogP contribution in [0, 0.1) is 5.92 Å². The Bertz CT molecular complexity index is 363. The number of nitrogens with one attached hydrogen (secondary N) is 2. The minimum absolute atomic E-state index is 0.522. The predicted octanol–water partition coefficient (Wildman–Crippen LogP) is 2.92. The number of benzene rings is 1. The van der Waals surface area contributed by atoms with Crippen molar-refractivity contribution in [1.29, 1.82) is 0 Å². The molecule has 0 radical (unpaired) electrons. The lowest BCUT2D eigenvalue weighted by Gasteiger charge is -2.28. The van der Waals surface area contributed by atoms with Gasteiger partial charge in [-0.3, -0.25) is 0 Å². The first-order valence-electron chi connectivity index (χ1n) is 5.91. The Balaban J connectivity index is 2.01. The van der Waals surface area contributed by atoms with Crippen LogP contribution in [0.15, 0.2) is 18.2 Å². The molecule has 0 saturated heterocycles. The summed E-state index contributed by atoms with van der Waals surface area (Å²) in [4.78, 5) is 0. The lowest BCUT2D eigenvalue weighted by Crippen LogP contribution is -2.41. The van der Waals surface area contributed by atoms with E-state index in [2.05, 4.69) is 30.5 Å². The van der Waals surface area contributed by atoms with Crippen LogP contribution < -0.4 is 10.6 Å². The van der Waals surface area contributed by atoms with E-state index in [1.54, 1.807) is 0 Å². The fourth-order valence-electron chi connectivity index (χ4n) is 2.05. The van der Waals surface area contributed by atoms with Crippen molar-refractivity contribution in [1.82, 2.24) is 5.32 Å². The van der Waals surface area contributed by atoms with Gasteiger partial charge in [0.2, 0.25) is 0 Å². The molecule has 1 unspecified atom stereocenters. The molecule has 2 nitrogen and oxygen atoms in total. The van der Waals surface area contributed by atoms with E-state index in [0.717, 1.165) is 30.2 Å². The van der Waals surface area contributed by atoms with Crippen molar-refractivity contribution in [2.24, 2.45) is 5.92 Å². The fourth-order valence-corrected chi connectivity index (χ4v) is 2.31. The minimum atomic E-state index is 0.522. The number of rotatable bonds is 3. The highest BCUT2D eigenvalue weighted by Gasteiger charge is 2.19. The molecule has 2 N–H and O–H groups in total. The number of hydrogen-bond acceptors (Lipinski definition) is 2. The zero-order valence-corrected chi connectivity index (χ0v) is 10.6. The summed E-state index contributed by atoms with van der Waals surface area (Å²) < 4.78 is 0. The van der Waals surface area contributed by atoms with Crippen molar-refractivity contribution in [3.63, 3.8) is 0 Å². The molecular weight excluding hydrogens is 220 g/mol. The fraction of sp³-hybridized carbons (Fsp3) is 0.538. The quantitative estimate of drug-likeness (QED) is 0.846. The van der Waals surface area contributed by atoms with Crippen LogP contribution in [0.3, 0.4) is 0 Å². The molecule has 1 heterocycles. The van der Waals surface area contributed by atoms with E-state index in [1.165, 1.54) is 5.56 Å². The molecule has 0 fully saturated rings. The first-order chi connectivity index (χ1) is 7.66. The molecular formula is C13H19ClN2. The second kappa shape index (κ2) is 5.07. The van der Waals surface area contributed by atoms with E-state index >= 15 is 0 Å². The van der Waals surface area contributed by atoms with Gasteiger partial charge >= 0.3 is 0 Å². The standard InChI is InChI=1S/C13H19ClN2/c1-9(2)7-15-11-6-10-4-3-5-12(14)13(10)16-8-11/h3-5,9,11,15-16H,6-8H2,1-2H3. The number of fused-ring (bicyclic) bond motifs is 1. The summed E-state index contributed by atoms with van der Waals surface area (Å²) in [5.41, 5.74) is 2.44.